The fraction of sp³-hybridized carbons (Fsp3) is 0.360. The predicted molar refractivity (Wildman–Crippen MR) is 147 cm³/mol. The van der Waals surface area contributed by atoms with Crippen LogP contribution in [0.3, 0.4) is 0 Å². The number of para-hydroxylation sites is 1. The molecule has 0 fully saturated rings. The monoisotopic (exact) mass is 575 g/mol. The summed E-state index contributed by atoms with van der Waals surface area (Å²) in [4.78, 5) is 23.3. The first-order valence-electron chi connectivity index (χ1n) is 11.3. The summed E-state index contributed by atoms with van der Waals surface area (Å²) in [6, 6.07) is 16.0. The molecule has 34 heavy (non-hydrogen) atoms. The van der Waals surface area contributed by atoms with Crippen LogP contribution in [-0.2, 0) is 17.8 Å². The number of carbonyl (C=O) groups is 1. The zero-order valence-electron chi connectivity index (χ0n) is 20.3. The van der Waals surface area contributed by atoms with Crippen molar-refractivity contribution in [1.29, 1.82) is 0 Å². The highest BCUT2D eigenvalue weighted by Crippen LogP contribution is 2.17. The SMILES string of the molecule is CCNC(=NCc1ccccc1-n1nc(C)cc1C)NCC(=O)N(C)CCc1ccccn1.I. The fourth-order valence-electron chi connectivity index (χ4n) is 3.48. The maximum atomic E-state index is 12.6. The van der Waals surface area contributed by atoms with Crippen molar-refractivity contribution in [1.82, 2.24) is 30.3 Å². The van der Waals surface area contributed by atoms with Gasteiger partial charge in [-0.05, 0) is 50.6 Å². The highest BCUT2D eigenvalue weighted by atomic mass is 127. The zero-order valence-corrected chi connectivity index (χ0v) is 22.6. The minimum absolute atomic E-state index is 0. The Morgan fingerprint density at radius 3 is 2.56 bits per heavy atom. The molecule has 2 aromatic heterocycles. The summed E-state index contributed by atoms with van der Waals surface area (Å²) in [7, 11) is 1.81. The summed E-state index contributed by atoms with van der Waals surface area (Å²) < 4.78 is 1.95. The standard InChI is InChI=1S/C25H33N7O.HI/c1-5-26-25(29-18-24(33)31(4)15-13-22-11-8-9-14-27-22)28-17-21-10-6-7-12-23(21)32-20(3)16-19(2)30-32;/h6-12,14,16H,5,13,15,17-18H2,1-4H3,(H2,26,28,29);1H. The van der Waals surface area contributed by atoms with Gasteiger partial charge in [-0.3, -0.25) is 9.78 Å². The highest BCUT2D eigenvalue weighted by Gasteiger charge is 2.11. The summed E-state index contributed by atoms with van der Waals surface area (Å²) in [5, 5.41) is 11.0. The van der Waals surface area contributed by atoms with Gasteiger partial charge in [0, 0.05) is 44.1 Å². The number of aryl methyl sites for hydroxylation is 2. The third kappa shape index (κ3) is 7.82. The van der Waals surface area contributed by atoms with E-state index in [0.29, 0.717) is 25.6 Å². The van der Waals surface area contributed by atoms with E-state index in [1.165, 1.54) is 0 Å². The molecule has 0 aliphatic rings. The van der Waals surface area contributed by atoms with Crippen LogP contribution in [0.5, 0.6) is 0 Å². The first-order chi connectivity index (χ1) is 16.0. The van der Waals surface area contributed by atoms with Crippen LogP contribution in [0.2, 0.25) is 0 Å². The maximum Gasteiger partial charge on any atom is 0.241 e. The van der Waals surface area contributed by atoms with Crippen LogP contribution in [-0.4, -0.2) is 58.2 Å². The Balaban J connectivity index is 0.00000408. The van der Waals surface area contributed by atoms with Gasteiger partial charge in [-0.15, -0.1) is 24.0 Å². The van der Waals surface area contributed by atoms with Crippen LogP contribution in [0.1, 0.15) is 29.6 Å². The number of hydrogen-bond donors (Lipinski definition) is 2. The minimum Gasteiger partial charge on any atom is -0.357 e. The van der Waals surface area contributed by atoms with Crippen LogP contribution >= 0.6 is 24.0 Å². The van der Waals surface area contributed by atoms with Crippen molar-refractivity contribution in [2.24, 2.45) is 4.99 Å². The fourth-order valence-corrected chi connectivity index (χ4v) is 3.48. The third-order valence-electron chi connectivity index (χ3n) is 5.24. The maximum absolute atomic E-state index is 12.6. The van der Waals surface area contributed by atoms with E-state index in [1.54, 1.807) is 11.1 Å². The predicted octanol–water partition coefficient (Wildman–Crippen LogP) is 3.26. The molecule has 0 saturated heterocycles. The zero-order chi connectivity index (χ0) is 23.6. The van der Waals surface area contributed by atoms with Crippen LogP contribution in [0, 0.1) is 13.8 Å². The van der Waals surface area contributed by atoms with E-state index in [1.807, 2.05) is 68.9 Å². The van der Waals surface area contributed by atoms with Crippen LogP contribution in [0.25, 0.3) is 5.69 Å². The molecule has 2 heterocycles. The highest BCUT2D eigenvalue weighted by molar-refractivity contribution is 14.0. The summed E-state index contributed by atoms with van der Waals surface area (Å²) in [6.07, 6.45) is 2.49. The summed E-state index contributed by atoms with van der Waals surface area (Å²) in [5.41, 5.74) is 5.09. The number of guanidine groups is 1. The number of halogens is 1. The Morgan fingerprint density at radius 1 is 1.12 bits per heavy atom. The molecular weight excluding hydrogens is 541 g/mol. The van der Waals surface area contributed by atoms with Gasteiger partial charge in [0.2, 0.25) is 5.91 Å². The number of carbonyl (C=O) groups excluding carboxylic acids is 1. The molecule has 0 bridgehead atoms. The van der Waals surface area contributed by atoms with Crippen molar-refractivity contribution in [3.05, 3.63) is 77.4 Å². The van der Waals surface area contributed by atoms with Crippen molar-refractivity contribution >= 4 is 35.8 Å². The molecule has 0 radical (unpaired) electrons. The number of aromatic nitrogens is 3. The van der Waals surface area contributed by atoms with Crippen molar-refractivity contribution in [2.75, 3.05) is 26.7 Å². The van der Waals surface area contributed by atoms with Gasteiger partial charge in [-0.2, -0.15) is 5.10 Å². The second kappa shape index (κ2) is 13.7. The molecule has 0 atom stereocenters. The van der Waals surface area contributed by atoms with E-state index in [2.05, 4.69) is 32.8 Å². The molecule has 1 aromatic carbocycles. The van der Waals surface area contributed by atoms with Crippen molar-refractivity contribution in [2.45, 2.75) is 33.7 Å². The van der Waals surface area contributed by atoms with Gasteiger partial charge in [0.1, 0.15) is 0 Å². The molecule has 1 amide bonds. The minimum atomic E-state index is -0.000393. The average molecular weight is 575 g/mol. The number of aliphatic imine (C=N–C) groups is 1. The molecule has 0 aliphatic heterocycles. The molecule has 2 N–H and O–H groups in total. The number of likely N-dealkylation sites (N-methyl/N-ethyl adjacent to an activating group) is 1. The number of amides is 1. The Morgan fingerprint density at radius 2 is 1.88 bits per heavy atom. The van der Waals surface area contributed by atoms with Gasteiger partial charge >= 0.3 is 0 Å². The van der Waals surface area contributed by atoms with Gasteiger partial charge in [0.05, 0.1) is 24.5 Å². The van der Waals surface area contributed by atoms with E-state index < -0.39 is 0 Å². The summed E-state index contributed by atoms with van der Waals surface area (Å²) >= 11 is 0. The molecule has 182 valence electrons. The third-order valence-corrected chi connectivity index (χ3v) is 5.24. The molecular formula is C25H34IN7O. The molecule has 0 spiro atoms. The second-order valence-corrected chi connectivity index (χ2v) is 7.90. The number of nitrogens with one attached hydrogen (secondary N) is 2. The van der Waals surface area contributed by atoms with Gasteiger partial charge in [-0.1, -0.05) is 24.3 Å². The summed E-state index contributed by atoms with van der Waals surface area (Å²) in [6.45, 7) is 7.98. The Hall–Kier alpha value is -2.95. The Bertz CT molecular complexity index is 1080. The molecule has 3 aromatic rings. The largest absolute Gasteiger partial charge is 0.357 e. The first-order valence-corrected chi connectivity index (χ1v) is 11.3. The Kier molecular flexibility index (Phi) is 11.0. The first kappa shape index (κ1) is 27.3. The normalized spacial score (nSPS) is 11.0. The lowest BCUT2D eigenvalue weighted by Crippen LogP contribution is -2.44. The van der Waals surface area contributed by atoms with E-state index in [0.717, 1.165) is 34.8 Å². The molecule has 0 saturated carbocycles. The lowest BCUT2D eigenvalue weighted by Gasteiger charge is -2.18. The van der Waals surface area contributed by atoms with Crippen molar-refractivity contribution < 1.29 is 4.79 Å². The van der Waals surface area contributed by atoms with Crippen LogP contribution < -0.4 is 10.6 Å². The average Bonchev–Trinajstić information content (AvgIpc) is 3.17. The smallest absolute Gasteiger partial charge is 0.241 e. The molecule has 0 unspecified atom stereocenters. The number of rotatable bonds is 9. The Labute approximate surface area is 218 Å². The van der Waals surface area contributed by atoms with Gasteiger partial charge in [0.25, 0.3) is 0 Å². The molecule has 9 heteroatoms. The van der Waals surface area contributed by atoms with Gasteiger partial charge in [0.15, 0.2) is 5.96 Å². The van der Waals surface area contributed by atoms with Gasteiger partial charge in [-0.25, -0.2) is 9.67 Å². The molecule has 0 aliphatic carbocycles. The molecule has 8 nitrogen and oxygen atoms in total. The van der Waals surface area contributed by atoms with E-state index in [-0.39, 0.29) is 36.4 Å². The van der Waals surface area contributed by atoms with Crippen LogP contribution in [0.15, 0.2) is 59.7 Å². The lowest BCUT2D eigenvalue weighted by atomic mass is 10.2. The van der Waals surface area contributed by atoms with E-state index >= 15 is 0 Å². The topological polar surface area (TPSA) is 87.4 Å². The van der Waals surface area contributed by atoms with E-state index in [4.69, 9.17) is 4.99 Å². The lowest BCUT2D eigenvalue weighted by molar-refractivity contribution is -0.128. The number of benzene rings is 1. The number of hydrogen-bond acceptors (Lipinski definition) is 4. The van der Waals surface area contributed by atoms with Gasteiger partial charge < -0.3 is 15.5 Å². The van der Waals surface area contributed by atoms with Crippen molar-refractivity contribution in [3.63, 3.8) is 0 Å². The quantitative estimate of drug-likeness (QED) is 0.233. The number of nitrogens with zero attached hydrogens (tertiary/aromatic N) is 5. The van der Waals surface area contributed by atoms with Crippen LogP contribution in [0.4, 0.5) is 0 Å². The second-order valence-electron chi connectivity index (χ2n) is 7.90. The number of pyridine rings is 1. The summed E-state index contributed by atoms with van der Waals surface area (Å²) in [5.74, 6) is 0.603. The van der Waals surface area contributed by atoms with Crippen molar-refractivity contribution in [3.8, 4) is 5.69 Å². The van der Waals surface area contributed by atoms with E-state index in [9.17, 15) is 4.79 Å². The molecule has 3 rings (SSSR count).